The number of hydrogen-bond acceptors (Lipinski definition) is 6. The molecule has 1 unspecified atom stereocenters. The summed E-state index contributed by atoms with van der Waals surface area (Å²) in [5, 5.41) is 7.43. The molecular formula is C15H19N3O3. The summed E-state index contributed by atoms with van der Waals surface area (Å²) in [5.74, 6) is 1.94. The third-order valence-corrected chi connectivity index (χ3v) is 3.32. The second kappa shape index (κ2) is 6.69. The summed E-state index contributed by atoms with van der Waals surface area (Å²) in [6.45, 7) is 4.84. The summed E-state index contributed by atoms with van der Waals surface area (Å²) in [7, 11) is 0. The molecule has 0 bridgehead atoms. The van der Waals surface area contributed by atoms with Gasteiger partial charge in [-0.15, -0.1) is 0 Å². The predicted octanol–water partition coefficient (Wildman–Crippen LogP) is 1.67. The van der Waals surface area contributed by atoms with Crippen molar-refractivity contribution in [3.8, 4) is 17.1 Å². The molecule has 1 N–H and O–H groups in total. The van der Waals surface area contributed by atoms with Crippen LogP contribution in [0, 0.1) is 0 Å². The van der Waals surface area contributed by atoms with Crippen LogP contribution in [-0.4, -0.2) is 42.5 Å². The molecule has 3 rings (SSSR count). The first-order valence-electron chi connectivity index (χ1n) is 7.22. The number of hydrogen-bond donors (Lipinski definition) is 1. The van der Waals surface area contributed by atoms with Gasteiger partial charge < -0.3 is 19.3 Å². The van der Waals surface area contributed by atoms with Gasteiger partial charge in [0.05, 0.1) is 25.4 Å². The molecule has 2 heterocycles. The van der Waals surface area contributed by atoms with Crippen molar-refractivity contribution in [1.29, 1.82) is 0 Å². The summed E-state index contributed by atoms with van der Waals surface area (Å²) >= 11 is 0. The Kier molecular flexibility index (Phi) is 4.47. The van der Waals surface area contributed by atoms with E-state index in [1.54, 1.807) is 0 Å². The molecule has 6 nitrogen and oxygen atoms in total. The van der Waals surface area contributed by atoms with Gasteiger partial charge in [0.15, 0.2) is 0 Å². The molecule has 1 fully saturated rings. The van der Waals surface area contributed by atoms with Gasteiger partial charge in [-0.05, 0) is 19.1 Å². The Morgan fingerprint density at radius 1 is 1.38 bits per heavy atom. The maximum Gasteiger partial charge on any atom is 0.228 e. The fourth-order valence-corrected chi connectivity index (χ4v) is 2.34. The summed E-state index contributed by atoms with van der Waals surface area (Å²) < 4.78 is 16.4. The van der Waals surface area contributed by atoms with Crippen molar-refractivity contribution in [1.82, 2.24) is 15.5 Å². The molecule has 2 aromatic rings. The lowest BCUT2D eigenvalue weighted by Gasteiger charge is -2.22. The number of morpholine rings is 1. The molecule has 6 heteroatoms. The minimum absolute atomic E-state index is 0.231. The minimum Gasteiger partial charge on any atom is -0.493 e. The normalized spacial score (nSPS) is 18.6. The number of aromatic nitrogens is 2. The van der Waals surface area contributed by atoms with Gasteiger partial charge in [-0.2, -0.15) is 4.98 Å². The average molecular weight is 289 g/mol. The summed E-state index contributed by atoms with van der Waals surface area (Å²) in [4.78, 5) is 4.46. The largest absolute Gasteiger partial charge is 0.493 e. The third kappa shape index (κ3) is 3.40. The zero-order valence-corrected chi connectivity index (χ0v) is 12.0. The van der Waals surface area contributed by atoms with Crippen LogP contribution >= 0.6 is 0 Å². The van der Waals surface area contributed by atoms with Crippen molar-refractivity contribution in [2.24, 2.45) is 0 Å². The van der Waals surface area contributed by atoms with Gasteiger partial charge in [0.25, 0.3) is 0 Å². The maximum absolute atomic E-state index is 5.60. The fraction of sp³-hybridized carbons (Fsp3) is 0.467. The number of benzene rings is 1. The quantitative estimate of drug-likeness (QED) is 0.903. The highest BCUT2D eigenvalue weighted by Crippen LogP contribution is 2.27. The molecule has 1 aliphatic rings. The highest BCUT2D eigenvalue weighted by Gasteiger charge is 2.19. The van der Waals surface area contributed by atoms with E-state index < -0.39 is 0 Å². The highest BCUT2D eigenvalue weighted by atomic mass is 16.5. The van der Waals surface area contributed by atoms with Crippen LogP contribution < -0.4 is 10.1 Å². The SMILES string of the molecule is CCOc1ccccc1-c1noc(CC2COCCN2)n1. The van der Waals surface area contributed by atoms with Crippen molar-refractivity contribution in [3.05, 3.63) is 30.2 Å². The minimum atomic E-state index is 0.231. The van der Waals surface area contributed by atoms with Gasteiger partial charge in [-0.3, -0.25) is 0 Å². The number of rotatable bonds is 5. The van der Waals surface area contributed by atoms with Crippen LogP contribution in [0.3, 0.4) is 0 Å². The lowest BCUT2D eigenvalue weighted by molar-refractivity contribution is 0.0744. The van der Waals surface area contributed by atoms with Gasteiger partial charge in [0.2, 0.25) is 11.7 Å². The molecule has 112 valence electrons. The Balaban J connectivity index is 1.75. The zero-order chi connectivity index (χ0) is 14.5. The molecule has 1 saturated heterocycles. The van der Waals surface area contributed by atoms with E-state index in [-0.39, 0.29) is 6.04 Å². The first-order valence-corrected chi connectivity index (χ1v) is 7.22. The van der Waals surface area contributed by atoms with E-state index in [0.29, 0.717) is 31.3 Å². The second-order valence-corrected chi connectivity index (χ2v) is 4.87. The van der Waals surface area contributed by atoms with Crippen molar-refractivity contribution < 1.29 is 14.0 Å². The molecule has 1 aromatic carbocycles. The number of nitrogens with zero attached hydrogens (tertiary/aromatic N) is 2. The van der Waals surface area contributed by atoms with Gasteiger partial charge >= 0.3 is 0 Å². The Morgan fingerprint density at radius 3 is 3.10 bits per heavy atom. The van der Waals surface area contributed by atoms with E-state index >= 15 is 0 Å². The third-order valence-electron chi connectivity index (χ3n) is 3.32. The Hall–Kier alpha value is -1.92. The molecule has 1 aliphatic heterocycles. The lowest BCUT2D eigenvalue weighted by Crippen LogP contribution is -2.42. The van der Waals surface area contributed by atoms with Crippen molar-refractivity contribution in [2.45, 2.75) is 19.4 Å². The smallest absolute Gasteiger partial charge is 0.228 e. The molecule has 0 spiro atoms. The van der Waals surface area contributed by atoms with Gasteiger partial charge in [-0.1, -0.05) is 17.3 Å². The molecule has 0 radical (unpaired) electrons. The highest BCUT2D eigenvalue weighted by molar-refractivity contribution is 5.63. The van der Waals surface area contributed by atoms with Crippen molar-refractivity contribution >= 4 is 0 Å². The average Bonchev–Trinajstić information content (AvgIpc) is 2.97. The molecule has 21 heavy (non-hydrogen) atoms. The van der Waals surface area contributed by atoms with E-state index in [1.165, 1.54) is 0 Å². The molecule has 0 aliphatic carbocycles. The zero-order valence-electron chi connectivity index (χ0n) is 12.0. The van der Waals surface area contributed by atoms with Gasteiger partial charge in [0.1, 0.15) is 5.75 Å². The van der Waals surface area contributed by atoms with Crippen LogP contribution in [-0.2, 0) is 11.2 Å². The van der Waals surface area contributed by atoms with Gasteiger partial charge in [-0.25, -0.2) is 0 Å². The van der Waals surface area contributed by atoms with E-state index in [9.17, 15) is 0 Å². The van der Waals surface area contributed by atoms with E-state index in [4.69, 9.17) is 14.0 Å². The Bertz CT molecular complexity index is 579. The summed E-state index contributed by atoms with van der Waals surface area (Å²) in [5.41, 5.74) is 0.849. The lowest BCUT2D eigenvalue weighted by atomic mass is 10.2. The summed E-state index contributed by atoms with van der Waals surface area (Å²) in [6, 6.07) is 7.94. The van der Waals surface area contributed by atoms with E-state index in [2.05, 4.69) is 15.5 Å². The van der Waals surface area contributed by atoms with Crippen molar-refractivity contribution in [2.75, 3.05) is 26.4 Å². The Morgan fingerprint density at radius 2 is 2.29 bits per heavy atom. The van der Waals surface area contributed by atoms with Crippen LogP contribution in [0.5, 0.6) is 5.75 Å². The van der Waals surface area contributed by atoms with Gasteiger partial charge in [0, 0.05) is 19.0 Å². The predicted molar refractivity (Wildman–Crippen MR) is 77.2 cm³/mol. The molecule has 0 amide bonds. The van der Waals surface area contributed by atoms with Crippen LogP contribution in [0.25, 0.3) is 11.4 Å². The molecule has 1 atom stereocenters. The Labute approximate surface area is 123 Å². The van der Waals surface area contributed by atoms with Crippen molar-refractivity contribution in [3.63, 3.8) is 0 Å². The maximum atomic E-state index is 5.60. The molecule has 0 saturated carbocycles. The number of para-hydroxylation sites is 1. The second-order valence-electron chi connectivity index (χ2n) is 4.87. The van der Waals surface area contributed by atoms with Crippen LogP contribution in [0.15, 0.2) is 28.8 Å². The monoisotopic (exact) mass is 289 g/mol. The molecular weight excluding hydrogens is 270 g/mol. The first-order chi connectivity index (χ1) is 10.4. The molecule has 1 aromatic heterocycles. The van der Waals surface area contributed by atoms with Crippen LogP contribution in [0.1, 0.15) is 12.8 Å². The first kappa shape index (κ1) is 14.0. The topological polar surface area (TPSA) is 69.4 Å². The van der Waals surface area contributed by atoms with E-state index in [0.717, 1.165) is 24.5 Å². The summed E-state index contributed by atoms with van der Waals surface area (Å²) in [6.07, 6.45) is 0.670. The van der Waals surface area contributed by atoms with Crippen LogP contribution in [0.4, 0.5) is 0 Å². The van der Waals surface area contributed by atoms with E-state index in [1.807, 2.05) is 31.2 Å². The number of nitrogens with one attached hydrogen (secondary N) is 1. The fourth-order valence-electron chi connectivity index (χ4n) is 2.34. The van der Waals surface area contributed by atoms with Crippen LogP contribution in [0.2, 0.25) is 0 Å². The standard InChI is InChI=1S/C15H19N3O3/c1-2-20-13-6-4-3-5-12(13)15-17-14(21-18-15)9-11-10-19-8-7-16-11/h3-6,11,16H,2,7-10H2,1H3. The number of ether oxygens (including phenoxy) is 2.